The molecular weight excluding hydrogens is 334 g/mol. The predicted octanol–water partition coefficient (Wildman–Crippen LogP) is 5.30. The van der Waals surface area contributed by atoms with E-state index in [1.807, 2.05) is 18.2 Å². The summed E-state index contributed by atoms with van der Waals surface area (Å²) in [6.07, 6.45) is 0.951. The summed E-state index contributed by atoms with van der Waals surface area (Å²) in [6.45, 7) is 5.16. The number of hydrogen-bond donors (Lipinski definition) is 1. The molecule has 0 amide bonds. The van der Waals surface area contributed by atoms with E-state index in [1.165, 1.54) is 16.7 Å². The highest BCUT2D eigenvalue weighted by atomic mass is 79.9. The topological polar surface area (TPSA) is 12.0 Å². The second-order valence-electron chi connectivity index (χ2n) is 4.97. The normalized spacial score (nSPS) is 12.4. The average molecular weight is 353 g/mol. The number of hydrogen-bond acceptors (Lipinski definition) is 1. The maximum atomic E-state index is 6.14. The van der Waals surface area contributed by atoms with E-state index in [0.717, 1.165) is 22.5 Å². The van der Waals surface area contributed by atoms with Crippen LogP contribution in [0.25, 0.3) is 0 Å². The molecule has 0 radical (unpaired) electrons. The molecule has 0 fully saturated rings. The zero-order chi connectivity index (χ0) is 14.5. The van der Waals surface area contributed by atoms with Crippen LogP contribution in [0.15, 0.2) is 46.9 Å². The van der Waals surface area contributed by atoms with Gasteiger partial charge in [0.05, 0.1) is 0 Å². The van der Waals surface area contributed by atoms with Crippen LogP contribution in [0.2, 0.25) is 5.02 Å². The van der Waals surface area contributed by atoms with E-state index in [4.69, 9.17) is 11.6 Å². The molecule has 0 bridgehead atoms. The third kappa shape index (κ3) is 4.08. The van der Waals surface area contributed by atoms with E-state index >= 15 is 0 Å². The Kier molecular flexibility index (Phi) is 5.64. The summed E-state index contributed by atoms with van der Waals surface area (Å²) in [5.41, 5.74) is 3.83. The van der Waals surface area contributed by atoms with Crippen LogP contribution in [0.3, 0.4) is 0 Å². The van der Waals surface area contributed by atoms with Gasteiger partial charge in [-0.1, -0.05) is 64.3 Å². The Morgan fingerprint density at radius 1 is 1.15 bits per heavy atom. The lowest BCUT2D eigenvalue weighted by Crippen LogP contribution is -2.23. The lowest BCUT2D eigenvalue weighted by molar-refractivity contribution is 0.548. The summed E-state index contributed by atoms with van der Waals surface area (Å²) in [5.74, 6) is 0. The van der Waals surface area contributed by atoms with Crippen LogP contribution in [-0.2, 0) is 6.42 Å². The lowest BCUT2D eigenvalue weighted by atomic mass is 9.98. The molecule has 106 valence electrons. The molecule has 2 rings (SSSR count). The maximum Gasteiger partial charge on any atom is 0.0410 e. The Hall–Kier alpha value is -0.830. The number of benzene rings is 2. The predicted molar refractivity (Wildman–Crippen MR) is 90.5 cm³/mol. The molecule has 2 aromatic rings. The van der Waals surface area contributed by atoms with Crippen molar-refractivity contribution in [2.24, 2.45) is 0 Å². The van der Waals surface area contributed by atoms with Crippen molar-refractivity contribution >= 4 is 27.5 Å². The van der Waals surface area contributed by atoms with Gasteiger partial charge in [-0.2, -0.15) is 0 Å². The number of rotatable bonds is 5. The van der Waals surface area contributed by atoms with Crippen LogP contribution in [0.1, 0.15) is 29.7 Å². The minimum atomic E-state index is 0.260. The van der Waals surface area contributed by atoms with Crippen molar-refractivity contribution < 1.29 is 0 Å². The molecule has 1 N–H and O–H groups in total. The molecule has 0 aromatic heterocycles. The molecule has 2 aromatic carbocycles. The van der Waals surface area contributed by atoms with Crippen molar-refractivity contribution in [3.8, 4) is 0 Å². The van der Waals surface area contributed by atoms with Gasteiger partial charge >= 0.3 is 0 Å². The first-order valence-corrected chi connectivity index (χ1v) is 8.01. The average Bonchev–Trinajstić information content (AvgIpc) is 2.43. The molecule has 1 unspecified atom stereocenters. The van der Waals surface area contributed by atoms with Gasteiger partial charge in [0.1, 0.15) is 0 Å². The van der Waals surface area contributed by atoms with Gasteiger partial charge in [0.2, 0.25) is 0 Å². The highest BCUT2D eigenvalue weighted by molar-refractivity contribution is 9.10. The van der Waals surface area contributed by atoms with Crippen molar-refractivity contribution in [2.75, 3.05) is 6.54 Å². The van der Waals surface area contributed by atoms with Crippen LogP contribution in [0, 0.1) is 6.92 Å². The number of halogens is 2. The van der Waals surface area contributed by atoms with E-state index in [2.05, 4.69) is 59.4 Å². The van der Waals surface area contributed by atoms with E-state index in [1.54, 1.807) is 0 Å². The molecule has 0 saturated heterocycles. The maximum absolute atomic E-state index is 6.14. The van der Waals surface area contributed by atoms with Crippen LogP contribution in [-0.4, -0.2) is 6.54 Å². The van der Waals surface area contributed by atoms with E-state index in [9.17, 15) is 0 Å². The minimum absolute atomic E-state index is 0.260. The van der Waals surface area contributed by atoms with Crippen molar-refractivity contribution in [1.29, 1.82) is 0 Å². The van der Waals surface area contributed by atoms with Gasteiger partial charge < -0.3 is 5.32 Å². The second-order valence-corrected chi connectivity index (χ2v) is 6.26. The zero-order valence-electron chi connectivity index (χ0n) is 11.8. The first-order valence-electron chi connectivity index (χ1n) is 6.84. The molecule has 0 heterocycles. The molecule has 1 nitrogen and oxygen atoms in total. The highest BCUT2D eigenvalue weighted by Crippen LogP contribution is 2.29. The number of likely N-dealkylation sites (N-methyl/N-ethyl adjacent to an activating group) is 1. The summed E-state index contributed by atoms with van der Waals surface area (Å²) in [7, 11) is 0. The molecular formula is C17H19BrClN. The Balaban J connectivity index is 2.26. The number of aryl methyl sites for hydroxylation is 1. The summed E-state index contributed by atoms with van der Waals surface area (Å²) < 4.78 is 1.10. The molecule has 0 saturated carbocycles. The largest absolute Gasteiger partial charge is 0.310 e. The van der Waals surface area contributed by atoms with Gasteiger partial charge in [-0.25, -0.2) is 0 Å². The van der Waals surface area contributed by atoms with Gasteiger partial charge in [-0.3, -0.25) is 0 Å². The van der Waals surface area contributed by atoms with Gasteiger partial charge in [-0.15, -0.1) is 0 Å². The Morgan fingerprint density at radius 2 is 1.85 bits per heavy atom. The fourth-order valence-electron chi connectivity index (χ4n) is 2.28. The Bertz CT molecular complexity index is 566. The van der Waals surface area contributed by atoms with Gasteiger partial charge in [0.25, 0.3) is 0 Å². The van der Waals surface area contributed by atoms with Crippen LogP contribution >= 0.6 is 27.5 Å². The molecule has 0 aliphatic carbocycles. The van der Waals surface area contributed by atoms with E-state index in [-0.39, 0.29) is 6.04 Å². The van der Waals surface area contributed by atoms with Crippen molar-refractivity contribution in [2.45, 2.75) is 26.3 Å². The summed E-state index contributed by atoms with van der Waals surface area (Å²) in [5, 5.41) is 4.31. The van der Waals surface area contributed by atoms with E-state index in [0.29, 0.717) is 0 Å². The zero-order valence-corrected chi connectivity index (χ0v) is 14.1. The lowest BCUT2D eigenvalue weighted by Gasteiger charge is -2.20. The van der Waals surface area contributed by atoms with E-state index < -0.39 is 0 Å². The van der Waals surface area contributed by atoms with Gasteiger partial charge in [0, 0.05) is 15.5 Å². The third-order valence-corrected chi connectivity index (χ3v) is 4.30. The third-order valence-electron chi connectivity index (χ3n) is 3.34. The smallest absolute Gasteiger partial charge is 0.0410 e. The Morgan fingerprint density at radius 3 is 2.50 bits per heavy atom. The summed E-state index contributed by atoms with van der Waals surface area (Å²) in [6, 6.07) is 14.9. The number of nitrogens with one attached hydrogen (secondary N) is 1. The summed E-state index contributed by atoms with van der Waals surface area (Å²) >= 11 is 9.76. The Labute approximate surface area is 134 Å². The highest BCUT2D eigenvalue weighted by Gasteiger charge is 2.14. The van der Waals surface area contributed by atoms with Gasteiger partial charge in [-0.05, 0) is 49.2 Å². The fourth-order valence-corrected chi connectivity index (χ4v) is 2.98. The molecule has 1 atom stereocenters. The van der Waals surface area contributed by atoms with Crippen molar-refractivity contribution in [3.63, 3.8) is 0 Å². The SMILES string of the molecule is CCNC(Cc1ccc(C)cc1)c1cc(Cl)ccc1Br. The van der Waals surface area contributed by atoms with Crippen molar-refractivity contribution in [1.82, 2.24) is 5.32 Å². The van der Waals surface area contributed by atoms with Crippen LogP contribution < -0.4 is 5.32 Å². The second kappa shape index (κ2) is 7.26. The molecule has 0 aliphatic rings. The van der Waals surface area contributed by atoms with Crippen LogP contribution in [0.5, 0.6) is 0 Å². The molecule has 20 heavy (non-hydrogen) atoms. The first kappa shape index (κ1) is 15.6. The first-order chi connectivity index (χ1) is 9.60. The standard InChI is InChI=1S/C17H19BrClN/c1-3-20-17(10-13-6-4-12(2)5-7-13)15-11-14(19)8-9-16(15)18/h4-9,11,17,20H,3,10H2,1-2H3. The van der Waals surface area contributed by atoms with Crippen molar-refractivity contribution in [3.05, 3.63) is 68.7 Å². The minimum Gasteiger partial charge on any atom is -0.310 e. The van der Waals surface area contributed by atoms with Gasteiger partial charge in [0.15, 0.2) is 0 Å². The monoisotopic (exact) mass is 351 g/mol. The fraction of sp³-hybridized carbons (Fsp3) is 0.294. The molecule has 3 heteroatoms. The molecule has 0 aliphatic heterocycles. The molecule has 0 spiro atoms. The van der Waals surface area contributed by atoms with Crippen LogP contribution in [0.4, 0.5) is 0 Å². The quantitative estimate of drug-likeness (QED) is 0.769. The summed E-state index contributed by atoms with van der Waals surface area (Å²) in [4.78, 5) is 0.